The summed E-state index contributed by atoms with van der Waals surface area (Å²) in [7, 11) is 0. The van der Waals surface area contributed by atoms with E-state index in [1.807, 2.05) is 18.2 Å². The average molecular weight is 346 g/mol. The molecule has 0 aromatic heterocycles. The van der Waals surface area contributed by atoms with Crippen molar-refractivity contribution in [2.45, 2.75) is 25.4 Å². The van der Waals surface area contributed by atoms with Crippen molar-refractivity contribution in [2.75, 3.05) is 6.61 Å². The maximum atomic E-state index is 13.1. The number of rotatable bonds is 1. The van der Waals surface area contributed by atoms with Crippen LogP contribution in [0.3, 0.4) is 0 Å². The number of allylic oxidation sites excluding steroid dienone is 1. The fraction of sp³-hybridized carbons (Fsp3) is 0.273. The summed E-state index contributed by atoms with van der Waals surface area (Å²) in [4.78, 5) is 25.3. The number of hydrogen-bond donors (Lipinski definition) is 1. The van der Waals surface area contributed by atoms with Gasteiger partial charge in [0.05, 0.1) is 5.92 Å². The standard InChI is InChI=1S/C22H18O4/c1-2-22(25)19-10-16-15-8-13-6-4-3-5-12(13)7-14(15)9-17(16)20(23)18(19)11-26-21(22)24/h3-8,10,17,25H,2,9,11H2,1H3. The first kappa shape index (κ1) is 15.5. The van der Waals surface area contributed by atoms with E-state index in [2.05, 4.69) is 24.3 Å². The number of ketones is 1. The van der Waals surface area contributed by atoms with Crippen LogP contribution in [0.4, 0.5) is 0 Å². The van der Waals surface area contributed by atoms with Gasteiger partial charge in [-0.25, -0.2) is 4.79 Å². The minimum absolute atomic E-state index is 0.0304. The Labute approximate surface area is 150 Å². The van der Waals surface area contributed by atoms with Crippen molar-refractivity contribution in [3.63, 3.8) is 0 Å². The SMILES string of the molecule is CCC1(O)C(=O)OCC2=C1C=C1c3cc4ccccc4cc3CC1C2=O. The number of benzene rings is 2. The molecule has 3 aliphatic rings. The Morgan fingerprint density at radius 3 is 2.65 bits per heavy atom. The van der Waals surface area contributed by atoms with Crippen molar-refractivity contribution in [1.29, 1.82) is 0 Å². The van der Waals surface area contributed by atoms with E-state index in [0.717, 1.165) is 27.5 Å². The highest BCUT2D eigenvalue weighted by Gasteiger charge is 2.49. The molecule has 4 nitrogen and oxygen atoms in total. The highest BCUT2D eigenvalue weighted by Crippen LogP contribution is 2.47. The molecule has 0 saturated carbocycles. The largest absolute Gasteiger partial charge is 0.458 e. The van der Waals surface area contributed by atoms with Gasteiger partial charge in [0.25, 0.3) is 0 Å². The molecule has 1 N–H and O–H groups in total. The van der Waals surface area contributed by atoms with Crippen LogP contribution in [0, 0.1) is 5.92 Å². The van der Waals surface area contributed by atoms with Crippen LogP contribution in [-0.2, 0) is 20.7 Å². The molecule has 130 valence electrons. The van der Waals surface area contributed by atoms with Gasteiger partial charge in [0.2, 0.25) is 0 Å². The predicted octanol–water partition coefficient (Wildman–Crippen LogP) is 2.97. The lowest BCUT2D eigenvalue weighted by Crippen LogP contribution is -2.48. The van der Waals surface area contributed by atoms with E-state index in [1.54, 1.807) is 6.92 Å². The molecule has 4 heteroatoms. The molecule has 0 fully saturated rings. The van der Waals surface area contributed by atoms with E-state index in [-0.39, 0.29) is 24.7 Å². The van der Waals surface area contributed by atoms with E-state index in [1.165, 1.54) is 0 Å². The minimum Gasteiger partial charge on any atom is -0.458 e. The number of fused-ring (bicyclic) bond motifs is 4. The first-order chi connectivity index (χ1) is 12.5. The molecule has 26 heavy (non-hydrogen) atoms. The first-order valence-electron chi connectivity index (χ1n) is 8.94. The topological polar surface area (TPSA) is 63.6 Å². The highest BCUT2D eigenvalue weighted by atomic mass is 16.6. The summed E-state index contributed by atoms with van der Waals surface area (Å²) in [5, 5.41) is 13.1. The third-order valence-electron chi connectivity index (χ3n) is 5.96. The minimum atomic E-state index is -1.74. The lowest BCUT2D eigenvalue weighted by molar-refractivity contribution is -0.163. The molecule has 0 radical (unpaired) electrons. The average Bonchev–Trinajstić information content (AvgIpc) is 3.01. The number of esters is 1. The molecule has 2 unspecified atom stereocenters. The van der Waals surface area contributed by atoms with Gasteiger partial charge in [0, 0.05) is 11.1 Å². The fourth-order valence-electron chi connectivity index (χ4n) is 4.46. The van der Waals surface area contributed by atoms with E-state index in [9.17, 15) is 14.7 Å². The maximum absolute atomic E-state index is 13.1. The zero-order valence-corrected chi connectivity index (χ0v) is 14.4. The molecule has 0 amide bonds. The number of cyclic esters (lactones) is 1. The Balaban J connectivity index is 1.73. The Hall–Kier alpha value is -2.72. The fourth-order valence-corrected chi connectivity index (χ4v) is 4.46. The Kier molecular flexibility index (Phi) is 3.07. The third-order valence-corrected chi connectivity index (χ3v) is 5.96. The molecular weight excluding hydrogens is 328 g/mol. The van der Waals surface area contributed by atoms with E-state index in [4.69, 9.17) is 4.74 Å². The molecule has 2 atom stereocenters. The second-order valence-electron chi connectivity index (χ2n) is 7.26. The van der Waals surface area contributed by atoms with E-state index >= 15 is 0 Å². The Bertz CT molecular complexity index is 1060. The molecule has 0 spiro atoms. The number of carbonyl (C=O) groups is 2. The van der Waals surface area contributed by atoms with Gasteiger partial charge >= 0.3 is 5.97 Å². The summed E-state index contributed by atoms with van der Waals surface area (Å²) in [5.41, 5.74) is 2.23. The molecule has 2 aromatic carbocycles. The molecule has 2 aliphatic carbocycles. The number of aliphatic hydroxyl groups is 1. The van der Waals surface area contributed by atoms with Gasteiger partial charge in [-0.1, -0.05) is 43.3 Å². The van der Waals surface area contributed by atoms with Crippen LogP contribution in [0.2, 0.25) is 0 Å². The molecule has 1 aliphatic heterocycles. The molecule has 5 rings (SSSR count). The lowest BCUT2D eigenvalue weighted by atomic mass is 9.75. The summed E-state index contributed by atoms with van der Waals surface area (Å²) in [6.45, 7) is 1.68. The molecule has 2 aromatic rings. The van der Waals surface area contributed by atoms with Crippen LogP contribution in [0.5, 0.6) is 0 Å². The third kappa shape index (κ3) is 1.88. The zero-order valence-electron chi connectivity index (χ0n) is 14.4. The summed E-state index contributed by atoms with van der Waals surface area (Å²) < 4.78 is 5.12. The summed E-state index contributed by atoms with van der Waals surface area (Å²) in [6.07, 6.45) is 2.70. The molecular formula is C22H18O4. The van der Waals surface area contributed by atoms with Crippen molar-refractivity contribution in [3.8, 4) is 0 Å². The molecule has 1 heterocycles. The summed E-state index contributed by atoms with van der Waals surface area (Å²) in [5.74, 6) is -0.950. The van der Waals surface area contributed by atoms with Crippen molar-refractivity contribution >= 4 is 28.1 Å². The monoisotopic (exact) mass is 346 g/mol. The van der Waals surface area contributed by atoms with Gasteiger partial charge in [0.1, 0.15) is 6.61 Å². The smallest absolute Gasteiger partial charge is 0.343 e. The zero-order chi connectivity index (χ0) is 18.1. The number of Topliss-reactive ketones (excluding diaryl/α,β-unsaturated/α-hetero) is 1. The van der Waals surface area contributed by atoms with Gasteiger partial charge in [-0.05, 0) is 46.4 Å². The van der Waals surface area contributed by atoms with Crippen LogP contribution in [0.1, 0.15) is 24.5 Å². The van der Waals surface area contributed by atoms with Crippen LogP contribution in [0.15, 0.2) is 53.6 Å². The number of carbonyl (C=O) groups excluding carboxylic acids is 2. The van der Waals surface area contributed by atoms with Crippen molar-refractivity contribution in [2.24, 2.45) is 5.92 Å². The first-order valence-corrected chi connectivity index (χ1v) is 8.94. The van der Waals surface area contributed by atoms with Crippen LogP contribution < -0.4 is 0 Å². The normalized spacial score (nSPS) is 27.0. The molecule has 0 saturated heterocycles. The van der Waals surface area contributed by atoms with E-state index in [0.29, 0.717) is 17.6 Å². The van der Waals surface area contributed by atoms with Crippen molar-refractivity contribution in [1.82, 2.24) is 0 Å². The van der Waals surface area contributed by atoms with Crippen LogP contribution in [-0.4, -0.2) is 29.1 Å². The van der Waals surface area contributed by atoms with Gasteiger partial charge in [-0.3, -0.25) is 4.79 Å². The van der Waals surface area contributed by atoms with Crippen molar-refractivity contribution in [3.05, 3.63) is 64.7 Å². The highest BCUT2D eigenvalue weighted by molar-refractivity contribution is 6.12. The lowest BCUT2D eigenvalue weighted by Gasteiger charge is -2.35. The van der Waals surface area contributed by atoms with E-state index < -0.39 is 11.6 Å². The van der Waals surface area contributed by atoms with Gasteiger partial charge < -0.3 is 9.84 Å². The summed E-state index contributed by atoms with van der Waals surface area (Å²) in [6, 6.07) is 12.4. The van der Waals surface area contributed by atoms with Gasteiger partial charge in [0.15, 0.2) is 11.4 Å². The Morgan fingerprint density at radius 2 is 1.92 bits per heavy atom. The quantitative estimate of drug-likeness (QED) is 0.807. The van der Waals surface area contributed by atoms with Gasteiger partial charge in [-0.15, -0.1) is 0 Å². The van der Waals surface area contributed by atoms with Gasteiger partial charge in [-0.2, -0.15) is 0 Å². The second-order valence-corrected chi connectivity index (χ2v) is 7.26. The number of ether oxygens (including phenoxy) is 1. The Morgan fingerprint density at radius 1 is 1.19 bits per heavy atom. The van der Waals surface area contributed by atoms with Crippen LogP contribution >= 0.6 is 0 Å². The number of hydrogen-bond acceptors (Lipinski definition) is 4. The van der Waals surface area contributed by atoms with Crippen molar-refractivity contribution < 1.29 is 19.4 Å². The second kappa shape index (κ2) is 5.15. The van der Waals surface area contributed by atoms with Crippen LogP contribution in [0.25, 0.3) is 16.3 Å². The predicted molar refractivity (Wildman–Crippen MR) is 97.4 cm³/mol. The maximum Gasteiger partial charge on any atom is 0.343 e. The molecule has 0 bridgehead atoms. The summed E-state index contributed by atoms with van der Waals surface area (Å²) >= 11 is 0.